The summed E-state index contributed by atoms with van der Waals surface area (Å²) in [7, 11) is 0. The first-order valence-electron chi connectivity index (χ1n) is 9.62. The maximum atomic E-state index is 12.1. The molecule has 2 aromatic carbocycles. The second-order valence-electron chi connectivity index (χ2n) is 7.46. The van der Waals surface area contributed by atoms with Crippen molar-refractivity contribution >= 4 is 22.9 Å². The third-order valence-corrected chi connectivity index (χ3v) is 4.70. The minimum absolute atomic E-state index is 0.0598. The fraction of sp³-hybridized carbons (Fsp3) is 0.292. The fourth-order valence-corrected chi connectivity index (χ4v) is 3.40. The van der Waals surface area contributed by atoms with Crippen LogP contribution in [0.4, 0.5) is 0 Å². The average molecular weight is 361 g/mol. The van der Waals surface area contributed by atoms with Gasteiger partial charge >= 0.3 is 0 Å². The lowest BCUT2D eigenvalue weighted by Crippen LogP contribution is -2.25. The van der Waals surface area contributed by atoms with Gasteiger partial charge in [-0.05, 0) is 54.0 Å². The van der Waals surface area contributed by atoms with Crippen molar-refractivity contribution in [2.75, 3.05) is 6.54 Å². The molecule has 3 heteroatoms. The molecule has 1 heterocycles. The first-order chi connectivity index (χ1) is 13.0. The number of hydrogen-bond acceptors (Lipinski definition) is 1. The molecule has 0 bridgehead atoms. The normalized spacial score (nSPS) is 11.6. The predicted octanol–water partition coefficient (Wildman–Crippen LogP) is 4.98. The number of hydrogen-bond donors (Lipinski definition) is 1. The third-order valence-electron chi connectivity index (χ3n) is 4.70. The molecule has 3 nitrogen and oxygen atoms in total. The van der Waals surface area contributed by atoms with E-state index in [2.05, 4.69) is 73.1 Å². The Morgan fingerprint density at radius 1 is 1.11 bits per heavy atom. The fourth-order valence-electron chi connectivity index (χ4n) is 3.40. The van der Waals surface area contributed by atoms with Crippen molar-refractivity contribution in [1.29, 1.82) is 0 Å². The smallest absolute Gasteiger partial charge is 0.244 e. The van der Waals surface area contributed by atoms with Crippen molar-refractivity contribution in [3.05, 3.63) is 77.5 Å². The molecule has 0 fully saturated rings. The van der Waals surface area contributed by atoms with E-state index < -0.39 is 0 Å². The molecule has 0 atom stereocenters. The van der Waals surface area contributed by atoms with Crippen LogP contribution in [0.3, 0.4) is 0 Å². The van der Waals surface area contributed by atoms with Crippen molar-refractivity contribution < 1.29 is 4.79 Å². The number of aryl methyl sites for hydroxylation is 1. The molecule has 0 aliphatic carbocycles. The second kappa shape index (κ2) is 8.72. The van der Waals surface area contributed by atoms with Gasteiger partial charge in [0.15, 0.2) is 0 Å². The molecular formula is C24H28N2O. The van der Waals surface area contributed by atoms with E-state index in [0.717, 1.165) is 18.5 Å². The van der Waals surface area contributed by atoms with Crippen LogP contribution in [-0.2, 0) is 17.8 Å². The quantitative estimate of drug-likeness (QED) is 0.593. The average Bonchev–Trinajstić information content (AvgIpc) is 2.96. The summed E-state index contributed by atoms with van der Waals surface area (Å²) in [6, 6.07) is 18.9. The highest BCUT2D eigenvalue weighted by Gasteiger charge is 2.05. The Labute approximate surface area is 161 Å². The molecular weight excluding hydrogens is 332 g/mol. The Bertz CT molecular complexity index is 933. The number of carbonyl (C=O) groups excluding carboxylic acids is 1. The number of nitrogens with zero attached hydrogens (tertiary/aromatic N) is 1. The Morgan fingerprint density at radius 2 is 1.85 bits per heavy atom. The zero-order valence-electron chi connectivity index (χ0n) is 16.4. The van der Waals surface area contributed by atoms with Gasteiger partial charge in [-0.2, -0.15) is 0 Å². The van der Waals surface area contributed by atoms with E-state index in [1.807, 2.05) is 18.2 Å². The van der Waals surface area contributed by atoms with Gasteiger partial charge in [-0.1, -0.05) is 56.3 Å². The van der Waals surface area contributed by atoms with Crippen molar-refractivity contribution in [2.24, 2.45) is 5.92 Å². The number of fused-ring (bicyclic) bond motifs is 1. The molecule has 0 radical (unpaired) electrons. The molecule has 1 aromatic heterocycles. The Kier molecular flexibility index (Phi) is 6.12. The van der Waals surface area contributed by atoms with E-state index in [-0.39, 0.29) is 5.91 Å². The summed E-state index contributed by atoms with van der Waals surface area (Å²) in [5.41, 5.74) is 4.80. The number of carbonyl (C=O) groups is 1. The minimum atomic E-state index is -0.0598. The summed E-state index contributed by atoms with van der Waals surface area (Å²) >= 11 is 0. The highest BCUT2D eigenvalue weighted by molar-refractivity contribution is 5.91. The molecule has 0 spiro atoms. The van der Waals surface area contributed by atoms with Crippen LogP contribution in [0.1, 0.15) is 30.7 Å². The Morgan fingerprint density at radius 3 is 2.59 bits per heavy atom. The highest BCUT2D eigenvalue weighted by Crippen LogP contribution is 2.18. The van der Waals surface area contributed by atoms with Crippen molar-refractivity contribution in [3.63, 3.8) is 0 Å². The number of nitrogens with one attached hydrogen (secondary N) is 1. The van der Waals surface area contributed by atoms with Crippen molar-refractivity contribution in [1.82, 2.24) is 9.88 Å². The highest BCUT2D eigenvalue weighted by atomic mass is 16.1. The topological polar surface area (TPSA) is 34.0 Å². The van der Waals surface area contributed by atoms with Gasteiger partial charge in [0.25, 0.3) is 0 Å². The predicted molar refractivity (Wildman–Crippen MR) is 114 cm³/mol. The van der Waals surface area contributed by atoms with Gasteiger partial charge < -0.3 is 9.88 Å². The molecule has 0 aliphatic rings. The van der Waals surface area contributed by atoms with E-state index in [0.29, 0.717) is 12.5 Å². The van der Waals surface area contributed by atoms with Gasteiger partial charge in [-0.25, -0.2) is 0 Å². The monoisotopic (exact) mass is 360 g/mol. The van der Waals surface area contributed by atoms with Crippen molar-refractivity contribution in [3.8, 4) is 0 Å². The third kappa shape index (κ3) is 5.10. The summed E-state index contributed by atoms with van der Waals surface area (Å²) in [4.78, 5) is 12.1. The first kappa shape index (κ1) is 19.0. The molecule has 0 aliphatic heterocycles. The molecule has 0 unspecified atom stereocenters. The van der Waals surface area contributed by atoms with E-state index >= 15 is 0 Å². The molecule has 1 amide bonds. The number of rotatable bonds is 7. The van der Waals surface area contributed by atoms with E-state index in [1.54, 1.807) is 6.08 Å². The molecule has 0 saturated carbocycles. The van der Waals surface area contributed by atoms with Gasteiger partial charge in [0.1, 0.15) is 0 Å². The SMILES string of the molecule is Cc1cc2ccccc2n1CCNC(=O)/C=C/c1ccc(CC(C)C)cc1. The largest absolute Gasteiger partial charge is 0.351 e. The van der Waals surface area contributed by atoms with Crippen LogP contribution in [0.25, 0.3) is 17.0 Å². The summed E-state index contributed by atoms with van der Waals surface area (Å²) in [6.45, 7) is 7.91. The van der Waals surface area contributed by atoms with E-state index in [4.69, 9.17) is 0 Å². The molecule has 27 heavy (non-hydrogen) atoms. The van der Waals surface area contributed by atoms with Crippen LogP contribution in [0.15, 0.2) is 60.7 Å². The molecule has 1 N–H and O–H groups in total. The number of benzene rings is 2. The van der Waals surface area contributed by atoms with Crippen LogP contribution in [0.2, 0.25) is 0 Å². The zero-order chi connectivity index (χ0) is 19.2. The van der Waals surface area contributed by atoms with Gasteiger partial charge in [-0.3, -0.25) is 4.79 Å². The number of amides is 1. The summed E-state index contributed by atoms with van der Waals surface area (Å²) < 4.78 is 2.24. The van der Waals surface area contributed by atoms with Crippen LogP contribution >= 0.6 is 0 Å². The summed E-state index contributed by atoms with van der Waals surface area (Å²) in [5, 5.41) is 4.21. The van der Waals surface area contributed by atoms with Gasteiger partial charge in [0.2, 0.25) is 5.91 Å². The Balaban J connectivity index is 1.52. The van der Waals surface area contributed by atoms with Crippen LogP contribution in [-0.4, -0.2) is 17.0 Å². The maximum absolute atomic E-state index is 12.1. The number of aromatic nitrogens is 1. The molecule has 140 valence electrons. The Hall–Kier alpha value is -2.81. The summed E-state index contributed by atoms with van der Waals surface area (Å²) in [5.74, 6) is 0.591. The molecule has 3 aromatic rings. The lowest BCUT2D eigenvalue weighted by molar-refractivity contribution is -0.116. The van der Waals surface area contributed by atoms with Gasteiger partial charge in [0, 0.05) is 30.4 Å². The standard InChI is InChI=1S/C24H28N2O/c1-18(2)16-21-10-8-20(9-11-21)12-13-24(27)25-14-15-26-19(3)17-22-6-4-5-7-23(22)26/h4-13,17-18H,14-16H2,1-3H3,(H,25,27)/b13-12+. The van der Waals surface area contributed by atoms with Gasteiger partial charge in [-0.15, -0.1) is 0 Å². The number of para-hydroxylation sites is 1. The van der Waals surface area contributed by atoms with Crippen LogP contribution in [0, 0.1) is 12.8 Å². The van der Waals surface area contributed by atoms with E-state index in [9.17, 15) is 4.79 Å². The lowest BCUT2D eigenvalue weighted by Gasteiger charge is -2.08. The molecule has 3 rings (SSSR count). The molecule has 0 saturated heterocycles. The van der Waals surface area contributed by atoms with E-state index in [1.165, 1.54) is 22.2 Å². The first-order valence-corrected chi connectivity index (χ1v) is 9.62. The maximum Gasteiger partial charge on any atom is 0.244 e. The summed E-state index contributed by atoms with van der Waals surface area (Å²) in [6.07, 6.45) is 4.56. The van der Waals surface area contributed by atoms with Crippen LogP contribution in [0.5, 0.6) is 0 Å². The van der Waals surface area contributed by atoms with Crippen LogP contribution < -0.4 is 5.32 Å². The second-order valence-corrected chi connectivity index (χ2v) is 7.46. The lowest BCUT2D eigenvalue weighted by atomic mass is 10.0. The van der Waals surface area contributed by atoms with Gasteiger partial charge in [0.05, 0.1) is 0 Å². The minimum Gasteiger partial charge on any atom is -0.351 e. The zero-order valence-corrected chi connectivity index (χ0v) is 16.4. The van der Waals surface area contributed by atoms with Crippen molar-refractivity contribution in [2.45, 2.75) is 33.7 Å².